The number of fused-ring (bicyclic) bond motifs is 1. The van der Waals surface area contributed by atoms with Crippen LogP contribution in [0, 0.1) is 0 Å². The van der Waals surface area contributed by atoms with Crippen LogP contribution in [0.25, 0.3) is 28.2 Å². The van der Waals surface area contributed by atoms with Crippen LogP contribution in [0.1, 0.15) is 17.9 Å². The Morgan fingerprint density at radius 3 is 2.48 bits per heavy atom. The van der Waals surface area contributed by atoms with Gasteiger partial charge in [-0.15, -0.1) is 0 Å². The van der Waals surface area contributed by atoms with Gasteiger partial charge >= 0.3 is 6.03 Å². The molecule has 5 heterocycles. The van der Waals surface area contributed by atoms with E-state index in [2.05, 4.69) is 56.7 Å². The summed E-state index contributed by atoms with van der Waals surface area (Å²) in [6.07, 6.45) is 5.65. The lowest BCUT2D eigenvalue weighted by atomic mass is 9.98. The fourth-order valence-corrected chi connectivity index (χ4v) is 5.84. The normalized spacial score (nSPS) is 17.4. The van der Waals surface area contributed by atoms with Gasteiger partial charge in [0.1, 0.15) is 11.3 Å². The Bertz CT molecular complexity index is 1590. The predicted molar refractivity (Wildman–Crippen MR) is 157 cm³/mol. The van der Waals surface area contributed by atoms with Crippen molar-refractivity contribution in [1.82, 2.24) is 34.2 Å². The van der Waals surface area contributed by atoms with Crippen LogP contribution in [0.4, 0.5) is 10.6 Å². The maximum atomic E-state index is 13.2. The van der Waals surface area contributed by atoms with Crippen LogP contribution in [-0.4, -0.2) is 85.4 Å². The van der Waals surface area contributed by atoms with Crippen molar-refractivity contribution >= 4 is 44.8 Å². The molecule has 3 aromatic heterocycles. The van der Waals surface area contributed by atoms with E-state index in [1.54, 1.807) is 17.3 Å². The first-order chi connectivity index (χ1) is 19.4. The van der Waals surface area contributed by atoms with E-state index in [0.717, 1.165) is 33.3 Å². The van der Waals surface area contributed by atoms with Crippen LogP contribution in [0.3, 0.4) is 0 Å². The van der Waals surface area contributed by atoms with E-state index in [4.69, 9.17) is 10.7 Å². The third kappa shape index (κ3) is 4.81. The molecule has 1 aromatic carbocycles. The Labute approximate surface area is 240 Å². The number of nitrogen functional groups attached to an aromatic ring is 1. The molecule has 11 heteroatoms. The third-order valence-electron chi connectivity index (χ3n) is 7.66. The highest BCUT2D eigenvalue weighted by Gasteiger charge is 2.32. The highest BCUT2D eigenvalue weighted by atomic mass is 79.9. The molecule has 2 fully saturated rings. The third-order valence-corrected chi connectivity index (χ3v) is 8.09. The van der Waals surface area contributed by atoms with Crippen LogP contribution in [-0.2, 0) is 4.79 Å². The van der Waals surface area contributed by atoms with Crippen LogP contribution in [0.15, 0.2) is 72.0 Å². The highest BCUT2D eigenvalue weighted by Crippen LogP contribution is 2.33. The number of benzene rings is 1. The number of carbonyl (C=O) groups excluding carboxylic acids is 2. The number of anilines is 1. The van der Waals surface area contributed by atoms with E-state index in [1.165, 1.54) is 11.6 Å². The number of urea groups is 1. The second kappa shape index (κ2) is 10.7. The Hall–Kier alpha value is -4.25. The van der Waals surface area contributed by atoms with E-state index in [1.807, 2.05) is 32.6 Å². The molecule has 2 saturated heterocycles. The van der Waals surface area contributed by atoms with Crippen molar-refractivity contribution in [3.63, 3.8) is 0 Å². The van der Waals surface area contributed by atoms with Crippen molar-refractivity contribution in [2.24, 2.45) is 0 Å². The van der Waals surface area contributed by atoms with Gasteiger partial charge in [0.05, 0.1) is 5.56 Å². The second-order valence-corrected chi connectivity index (χ2v) is 10.9. The summed E-state index contributed by atoms with van der Waals surface area (Å²) in [5.41, 5.74) is 10.5. The SMILES string of the molecule is C=CC(=O)N1CCN(C(=O)N2CCC(c3ccc(-n4c(-c5cccnc5N)nc5cc(Br)cnc54)cc3)C2)CC1. The molecule has 2 aliphatic heterocycles. The lowest BCUT2D eigenvalue weighted by molar-refractivity contribution is -0.127. The molecule has 0 aliphatic carbocycles. The van der Waals surface area contributed by atoms with Crippen molar-refractivity contribution in [2.75, 3.05) is 45.0 Å². The number of aromatic nitrogens is 4. The first-order valence-electron chi connectivity index (χ1n) is 13.2. The number of pyridine rings is 2. The fraction of sp³-hybridized carbons (Fsp3) is 0.276. The molecule has 1 unspecified atom stereocenters. The van der Waals surface area contributed by atoms with Crippen LogP contribution in [0.2, 0.25) is 0 Å². The topological polar surface area (TPSA) is 113 Å². The van der Waals surface area contributed by atoms with Crippen molar-refractivity contribution in [2.45, 2.75) is 12.3 Å². The minimum absolute atomic E-state index is 0.0469. The van der Waals surface area contributed by atoms with Gasteiger partial charge in [-0.3, -0.25) is 9.36 Å². The summed E-state index contributed by atoms with van der Waals surface area (Å²) in [5, 5.41) is 0. The Balaban J connectivity index is 1.21. The number of nitrogens with zero attached hydrogens (tertiary/aromatic N) is 7. The number of imidazole rings is 1. The van der Waals surface area contributed by atoms with Gasteiger partial charge < -0.3 is 20.4 Å². The smallest absolute Gasteiger partial charge is 0.320 e. The van der Waals surface area contributed by atoms with Gasteiger partial charge in [0.2, 0.25) is 5.91 Å². The van der Waals surface area contributed by atoms with Crippen LogP contribution >= 0.6 is 15.9 Å². The van der Waals surface area contributed by atoms with Crippen molar-refractivity contribution in [3.05, 3.63) is 77.5 Å². The zero-order valence-corrected chi connectivity index (χ0v) is 23.5. The lowest BCUT2D eigenvalue weighted by Crippen LogP contribution is -2.53. The summed E-state index contributed by atoms with van der Waals surface area (Å²) in [6.45, 7) is 7.10. The molecule has 6 rings (SSSR count). The van der Waals surface area contributed by atoms with Gasteiger partial charge in [0.15, 0.2) is 11.5 Å². The summed E-state index contributed by atoms with van der Waals surface area (Å²) < 4.78 is 2.85. The zero-order chi connectivity index (χ0) is 27.8. The van der Waals surface area contributed by atoms with Gasteiger partial charge in [-0.25, -0.2) is 19.7 Å². The number of nitrogens with two attached hydrogens (primary N) is 1. The summed E-state index contributed by atoms with van der Waals surface area (Å²) in [6, 6.07) is 14.1. The minimum atomic E-state index is -0.0832. The quantitative estimate of drug-likeness (QED) is 0.353. The molecular weight excluding hydrogens is 572 g/mol. The van der Waals surface area contributed by atoms with Gasteiger partial charge in [-0.05, 0) is 64.3 Å². The van der Waals surface area contributed by atoms with Crippen molar-refractivity contribution in [3.8, 4) is 17.1 Å². The maximum absolute atomic E-state index is 13.2. The molecule has 0 spiro atoms. The second-order valence-electron chi connectivity index (χ2n) is 10.0. The van der Waals surface area contributed by atoms with E-state index in [-0.39, 0.29) is 17.9 Å². The maximum Gasteiger partial charge on any atom is 0.320 e. The van der Waals surface area contributed by atoms with Crippen LogP contribution in [0.5, 0.6) is 0 Å². The Morgan fingerprint density at radius 2 is 1.75 bits per heavy atom. The highest BCUT2D eigenvalue weighted by molar-refractivity contribution is 9.10. The number of hydrogen-bond acceptors (Lipinski definition) is 6. The molecule has 4 aromatic rings. The molecule has 1 atom stereocenters. The molecule has 2 aliphatic rings. The standard InChI is InChI=1S/C29H29BrN8O2/c1-2-25(39)35-12-14-36(15-13-35)29(40)37-11-9-20(18-37)19-5-7-22(8-6-19)38-27(23-4-3-10-32-26(23)31)34-24-16-21(30)17-33-28(24)38/h2-8,10,16-17,20H,1,9,11-15,18H2,(H2,31,32). The van der Waals surface area contributed by atoms with Crippen molar-refractivity contribution in [1.29, 1.82) is 0 Å². The number of likely N-dealkylation sites (tertiary alicyclic amines) is 1. The molecule has 0 saturated carbocycles. The molecule has 10 nitrogen and oxygen atoms in total. The molecule has 2 N–H and O–H groups in total. The molecular formula is C29H29BrN8O2. The van der Waals surface area contributed by atoms with E-state index in [9.17, 15) is 9.59 Å². The van der Waals surface area contributed by atoms with Gasteiger partial charge in [-0.2, -0.15) is 0 Å². The first kappa shape index (κ1) is 26.0. The minimum Gasteiger partial charge on any atom is -0.383 e. The predicted octanol–water partition coefficient (Wildman–Crippen LogP) is 4.07. The average molecular weight is 602 g/mol. The van der Waals surface area contributed by atoms with Crippen molar-refractivity contribution < 1.29 is 9.59 Å². The number of rotatable bonds is 4. The number of hydrogen-bond donors (Lipinski definition) is 1. The summed E-state index contributed by atoms with van der Waals surface area (Å²) >= 11 is 3.49. The van der Waals surface area contributed by atoms with E-state index in [0.29, 0.717) is 50.9 Å². The first-order valence-corrected chi connectivity index (χ1v) is 14.0. The number of halogens is 1. The molecule has 0 bridgehead atoms. The number of amides is 3. The average Bonchev–Trinajstić information content (AvgIpc) is 3.62. The number of carbonyl (C=O) groups is 2. The Morgan fingerprint density at radius 1 is 1.00 bits per heavy atom. The van der Waals surface area contributed by atoms with Gasteiger partial charge in [-0.1, -0.05) is 18.7 Å². The van der Waals surface area contributed by atoms with E-state index < -0.39 is 0 Å². The molecule has 204 valence electrons. The van der Waals surface area contributed by atoms with E-state index >= 15 is 0 Å². The molecule has 0 radical (unpaired) electrons. The van der Waals surface area contributed by atoms with Crippen LogP contribution < -0.4 is 5.73 Å². The fourth-order valence-electron chi connectivity index (χ4n) is 5.52. The lowest BCUT2D eigenvalue weighted by Gasteiger charge is -2.36. The monoisotopic (exact) mass is 600 g/mol. The summed E-state index contributed by atoms with van der Waals surface area (Å²) in [5.74, 6) is 1.24. The van der Waals surface area contributed by atoms with Gasteiger partial charge in [0, 0.05) is 67.7 Å². The van der Waals surface area contributed by atoms with Gasteiger partial charge in [0.25, 0.3) is 0 Å². The molecule has 3 amide bonds. The molecule has 40 heavy (non-hydrogen) atoms. The zero-order valence-electron chi connectivity index (χ0n) is 21.9. The Kier molecular flexibility index (Phi) is 6.97. The summed E-state index contributed by atoms with van der Waals surface area (Å²) in [4.78, 5) is 44.3. The largest absolute Gasteiger partial charge is 0.383 e. The summed E-state index contributed by atoms with van der Waals surface area (Å²) in [7, 11) is 0. The number of piperazine rings is 1.